The van der Waals surface area contributed by atoms with Gasteiger partial charge in [0.1, 0.15) is 22.8 Å². The molecule has 3 amide bonds. The number of carbonyl (C=O) groups is 3. The number of halogens is 2. The average Bonchev–Trinajstić information content (AvgIpc) is 3.18. The molecule has 0 unspecified atom stereocenters. The summed E-state index contributed by atoms with van der Waals surface area (Å²) < 4.78 is 24.1. The zero-order chi connectivity index (χ0) is 18.8. The van der Waals surface area contributed by atoms with Crippen LogP contribution >= 0.6 is 11.6 Å². The lowest BCUT2D eigenvalue weighted by molar-refractivity contribution is -0.130. The van der Waals surface area contributed by atoms with E-state index in [-0.39, 0.29) is 34.1 Å². The van der Waals surface area contributed by atoms with Crippen LogP contribution in [-0.4, -0.2) is 47.7 Å². The number of hydrogen-bond donors (Lipinski definition) is 1. The minimum Gasteiger partial charge on any atom is -0.452 e. The quantitative estimate of drug-likeness (QED) is 0.814. The number of nitrogens with one attached hydrogen (secondary N) is 1. The third-order valence-electron chi connectivity index (χ3n) is 3.75. The van der Waals surface area contributed by atoms with Crippen LogP contribution in [0.15, 0.2) is 22.7 Å². The van der Waals surface area contributed by atoms with Crippen molar-refractivity contribution in [2.75, 3.05) is 19.7 Å². The van der Waals surface area contributed by atoms with E-state index in [2.05, 4.69) is 10.5 Å². The van der Waals surface area contributed by atoms with Gasteiger partial charge in [-0.05, 0) is 19.1 Å². The van der Waals surface area contributed by atoms with Gasteiger partial charge in [-0.3, -0.25) is 9.69 Å². The number of rotatable bonds is 4. The van der Waals surface area contributed by atoms with Gasteiger partial charge in [0.05, 0.1) is 10.6 Å². The highest BCUT2D eigenvalue weighted by Gasteiger charge is 2.30. The summed E-state index contributed by atoms with van der Waals surface area (Å²) in [5, 5.41) is 6.19. The minimum atomic E-state index is -0.939. The number of benzene rings is 1. The minimum absolute atomic E-state index is 0.0390. The molecular formula is C16H13ClFN3O5. The van der Waals surface area contributed by atoms with E-state index in [1.807, 2.05) is 0 Å². The monoisotopic (exact) mass is 381 g/mol. The van der Waals surface area contributed by atoms with Gasteiger partial charge in [0.15, 0.2) is 6.61 Å². The van der Waals surface area contributed by atoms with Crippen LogP contribution in [0.1, 0.15) is 16.1 Å². The molecule has 8 nitrogen and oxygen atoms in total. The lowest BCUT2D eigenvalue weighted by Gasteiger charge is -2.12. The largest absolute Gasteiger partial charge is 0.452 e. The standard InChI is InChI=1S/C16H13ClFN3O5/c1-8-12(14(20-26-8)13-9(17)3-2-4-10(13)18)15(23)25-7-11(22)21-6-5-19-16(21)24/h2-4H,5-7H2,1H3,(H,19,24). The Hall–Kier alpha value is -2.94. The first kappa shape index (κ1) is 17.9. The fraction of sp³-hybridized carbons (Fsp3) is 0.250. The van der Waals surface area contributed by atoms with Crippen molar-refractivity contribution in [3.05, 3.63) is 40.4 Å². The molecule has 1 aromatic carbocycles. The smallest absolute Gasteiger partial charge is 0.344 e. The molecule has 1 aliphatic heterocycles. The molecule has 0 atom stereocenters. The maximum absolute atomic E-state index is 14.1. The molecule has 1 saturated heterocycles. The summed E-state index contributed by atoms with van der Waals surface area (Å²) in [6.45, 7) is 1.32. The molecule has 0 saturated carbocycles. The van der Waals surface area contributed by atoms with Crippen LogP contribution in [0.2, 0.25) is 5.02 Å². The highest BCUT2D eigenvalue weighted by atomic mass is 35.5. The van der Waals surface area contributed by atoms with E-state index < -0.39 is 30.3 Å². The van der Waals surface area contributed by atoms with Crippen molar-refractivity contribution in [2.24, 2.45) is 0 Å². The molecule has 136 valence electrons. The molecule has 10 heteroatoms. The van der Waals surface area contributed by atoms with Gasteiger partial charge in [-0.1, -0.05) is 22.8 Å². The highest BCUT2D eigenvalue weighted by Crippen LogP contribution is 2.33. The Balaban J connectivity index is 1.81. The van der Waals surface area contributed by atoms with E-state index in [0.717, 1.165) is 11.0 Å². The lowest BCUT2D eigenvalue weighted by atomic mass is 10.1. The predicted octanol–water partition coefficient (Wildman–Crippen LogP) is 2.15. The number of esters is 1. The number of ether oxygens (including phenoxy) is 1. The average molecular weight is 382 g/mol. The van der Waals surface area contributed by atoms with E-state index >= 15 is 0 Å². The van der Waals surface area contributed by atoms with E-state index in [0.29, 0.717) is 6.54 Å². The fourth-order valence-electron chi connectivity index (χ4n) is 2.49. The molecule has 1 N–H and O–H groups in total. The molecule has 0 aliphatic carbocycles. The lowest BCUT2D eigenvalue weighted by Crippen LogP contribution is -2.37. The van der Waals surface area contributed by atoms with Crippen LogP contribution < -0.4 is 5.32 Å². The van der Waals surface area contributed by atoms with E-state index in [9.17, 15) is 18.8 Å². The van der Waals surface area contributed by atoms with Gasteiger partial charge >= 0.3 is 12.0 Å². The molecule has 1 aromatic heterocycles. The molecule has 1 fully saturated rings. The first-order chi connectivity index (χ1) is 12.4. The fourth-order valence-corrected chi connectivity index (χ4v) is 2.75. The van der Waals surface area contributed by atoms with E-state index in [1.54, 1.807) is 0 Å². The molecular weight excluding hydrogens is 369 g/mol. The Kier molecular flexibility index (Phi) is 4.90. The van der Waals surface area contributed by atoms with Gasteiger partial charge in [0.2, 0.25) is 0 Å². The number of urea groups is 1. The summed E-state index contributed by atoms with van der Waals surface area (Å²) in [4.78, 5) is 36.7. The van der Waals surface area contributed by atoms with Gasteiger partial charge in [-0.15, -0.1) is 0 Å². The van der Waals surface area contributed by atoms with Crippen molar-refractivity contribution < 1.29 is 28.0 Å². The molecule has 0 bridgehead atoms. The Bertz CT molecular complexity index is 878. The highest BCUT2D eigenvalue weighted by molar-refractivity contribution is 6.33. The number of aryl methyl sites for hydroxylation is 1. The predicted molar refractivity (Wildman–Crippen MR) is 87.0 cm³/mol. The number of imide groups is 1. The molecule has 2 heterocycles. The second-order valence-electron chi connectivity index (χ2n) is 5.41. The Labute approximate surface area is 151 Å². The summed E-state index contributed by atoms with van der Waals surface area (Å²) >= 11 is 6.00. The van der Waals surface area contributed by atoms with Crippen molar-refractivity contribution in [1.82, 2.24) is 15.4 Å². The van der Waals surface area contributed by atoms with Crippen molar-refractivity contribution in [3.63, 3.8) is 0 Å². The SMILES string of the molecule is Cc1onc(-c2c(F)cccc2Cl)c1C(=O)OCC(=O)N1CCNC1=O. The second kappa shape index (κ2) is 7.12. The van der Waals surface area contributed by atoms with E-state index in [4.69, 9.17) is 20.9 Å². The van der Waals surface area contributed by atoms with Crippen LogP contribution in [0.4, 0.5) is 9.18 Å². The first-order valence-electron chi connectivity index (χ1n) is 7.56. The topological polar surface area (TPSA) is 102 Å². The summed E-state index contributed by atoms with van der Waals surface area (Å²) in [6, 6.07) is 3.46. The summed E-state index contributed by atoms with van der Waals surface area (Å²) in [5.41, 5.74) is -0.374. The Morgan fingerprint density at radius 2 is 2.23 bits per heavy atom. The summed E-state index contributed by atoms with van der Waals surface area (Å²) in [6.07, 6.45) is 0. The second-order valence-corrected chi connectivity index (χ2v) is 5.82. The number of carbonyl (C=O) groups excluding carboxylic acids is 3. The van der Waals surface area contributed by atoms with Gasteiger partial charge in [-0.25, -0.2) is 14.0 Å². The molecule has 0 spiro atoms. The zero-order valence-corrected chi connectivity index (χ0v) is 14.3. The number of aromatic nitrogens is 1. The van der Waals surface area contributed by atoms with E-state index in [1.165, 1.54) is 19.1 Å². The molecule has 26 heavy (non-hydrogen) atoms. The van der Waals surface area contributed by atoms with Gasteiger partial charge < -0.3 is 14.6 Å². The summed E-state index contributed by atoms with van der Waals surface area (Å²) in [5.74, 6) is -2.22. The molecule has 3 rings (SSSR count). The third kappa shape index (κ3) is 3.25. The Morgan fingerprint density at radius 1 is 1.46 bits per heavy atom. The normalized spacial score (nSPS) is 13.7. The summed E-state index contributed by atoms with van der Waals surface area (Å²) in [7, 11) is 0. The molecule has 1 aliphatic rings. The maximum atomic E-state index is 14.1. The zero-order valence-electron chi connectivity index (χ0n) is 13.5. The van der Waals surface area contributed by atoms with Crippen molar-refractivity contribution in [2.45, 2.75) is 6.92 Å². The number of nitrogens with zero attached hydrogens (tertiary/aromatic N) is 2. The van der Waals surface area contributed by atoms with Crippen LogP contribution in [0.3, 0.4) is 0 Å². The van der Waals surface area contributed by atoms with Crippen LogP contribution in [-0.2, 0) is 9.53 Å². The van der Waals surface area contributed by atoms with Gasteiger partial charge in [0.25, 0.3) is 5.91 Å². The molecule has 0 radical (unpaired) electrons. The Morgan fingerprint density at radius 3 is 2.88 bits per heavy atom. The van der Waals surface area contributed by atoms with Crippen molar-refractivity contribution >= 4 is 29.5 Å². The number of hydrogen-bond acceptors (Lipinski definition) is 6. The van der Waals surface area contributed by atoms with Crippen LogP contribution in [0, 0.1) is 12.7 Å². The van der Waals surface area contributed by atoms with Crippen LogP contribution in [0.25, 0.3) is 11.3 Å². The van der Waals surface area contributed by atoms with Crippen molar-refractivity contribution in [1.29, 1.82) is 0 Å². The first-order valence-corrected chi connectivity index (χ1v) is 7.94. The van der Waals surface area contributed by atoms with Gasteiger partial charge in [-0.2, -0.15) is 0 Å². The number of amides is 3. The maximum Gasteiger partial charge on any atom is 0.344 e. The third-order valence-corrected chi connectivity index (χ3v) is 4.07. The van der Waals surface area contributed by atoms with Gasteiger partial charge in [0, 0.05) is 13.1 Å². The molecule has 2 aromatic rings. The van der Waals surface area contributed by atoms with Crippen LogP contribution in [0.5, 0.6) is 0 Å². The van der Waals surface area contributed by atoms with Crippen molar-refractivity contribution in [3.8, 4) is 11.3 Å².